The standard InChI is InChI=1S/C17H21N3O3/c1-2-21-8-6-14-13-5-7-18-17(13)20(19-14)12-3-4-15-16(11-12)23-10-9-22-15/h3-4,11,18H,2,5-10H2,1H3. The highest BCUT2D eigenvalue weighted by Gasteiger charge is 2.23. The first-order valence-corrected chi connectivity index (χ1v) is 8.19. The second kappa shape index (κ2) is 6.12. The lowest BCUT2D eigenvalue weighted by Gasteiger charge is -2.19. The molecule has 2 aliphatic rings. The fourth-order valence-electron chi connectivity index (χ4n) is 3.11. The smallest absolute Gasteiger partial charge is 0.163 e. The zero-order valence-electron chi connectivity index (χ0n) is 13.3. The van der Waals surface area contributed by atoms with Gasteiger partial charge in [0.15, 0.2) is 11.5 Å². The summed E-state index contributed by atoms with van der Waals surface area (Å²) < 4.78 is 18.7. The third-order valence-electron chi connectivity index (χ3n) is 4.19. The van der Waals surface area contributed by atoms with E-state index in [9.17, 15) is 0 Å². The Bertz CT molecular complexity index is 711. The normalized spacial score (nSPS) is 15.3. The van der Waals surface area contributed by atoms with Crippen LogP contribution in [0, 0.1) is 0 Å². The number of aromatic nitrogens is 2. The molecule has 1 aromatic heterocycles. The molecular formula is C17H21N3O3. The molecule has 0 saturated heterocycles. The Morgan fingerprint density at radius 2 is 2.13 bits per heavy atom. The SMILES string of the molecule is CCOCCc1nn(-c2ccc3c(c2)OCCO3)c2c1CCN2. The van der Waals surface area contributed by atoms with Crippen molar-refractivity contribution in [1.29, 1.82) is 0 Å². The second-order valence-corrected chi connectivity index (χ2v) is 5.64. The highest BCUT2D eigenvalue weighted by atomic mass is 16.6. The maximum atomic E-state index is 5.68. The summed E-state index contributed by atoms with van der Waals surface area (Å²) in [6.45, 7) is 5.61. The number of rotatable bonds is 5. The molecule has 2 aliphatic heterocycles. The van der Waals surface area contributed by atoms with E-state index in [0.717, 1.165) is 54.7 Å². The maximum absolute atomic E-state index is 5.68. The number of fused-ring (bicyclic) bond motifs is 2. The minimum Gasteiger partial charge on any atom is -0.486 e. The van der Waals surface area contributed by atoms with Crippen molar-refractivity contribution in [3.05, 3.63) is 29.5 Å². The molecule has 0 atom stereocenters. The number of benzene rings is 1. The van der Waals surface area contributed by atoms with Crippen LogP contribution in [0.25, 0.3) is 5.69 Å². The van der Waals surface area contributed by atoms with E-state index in [1.165, 1.54) is 5.56 Å². The largest absolute Gasteiger partial charge is 0.486 e. The van der Waals surface area contributed by atoms with Gasteiger partial charge in [0, 0.05) is 31.2 Å². The Labute approximate surface area is 135 Å². The van der Waals surface area contributed by atoms with Crippen molar-refractivity contribution in [3.8, 4) is 17.2 Å². The first kappa shape index (κ1) is 14.4. The van der Waals surface area contributed by atoms with Crippen LogP contribution in [0.4, 0.5) is 5.82 Å². The van der Waals surface area contributed by atoms with Gasteiger partial charge in [0.2, 0.25) is 0 Å². The monoisotopic (exact) mass is 315 g/mol. The van der Waals surface area contributed by atoms with Gasteiger partial charge in [0.25, 0.3) is 0 Å². The zero-order chi connectivity index (χ0) is 15.6. The maximum Gasteiger partial charge on any atom is 0.163 e. The molecule has 0 saturated carbocycles. The average Bonchev–Trinajstić information content (AvgIpc) is 3.18. The molecular weight excluding hydrogens is 294 g/mol. The molecule has 0 unspecified atom stereocenters. The minimum atomic E-state index is 0.589. The number of nitrogens with one attached hydrogen (secondary N) is 1. The van der Waals surface area contributed by atoms with E-state index in [4.69, 9.17) is 19.3 Å². The molecule has 0 amide bonds. The lowest BCUT2D eigenvalue weighted by molar-refractivity contribution is 0.150. The molecule has 0 aliphatic carbocycles. The van der Waals surface area contributed by atoms with Crippen molar-refractivity contribution in [3.63, 3.8) is 0 Å². The Kier molecular flexibility index (Phi) is 3.83. The molecule has 3 heterocycles. The summed E-state index contributed by atoms with van der Waals surface area (Å²) >= 11 is 0. The van der Waals surface area contributed by atoms with Gasteiger partial charge in [0.1, 0.15) is 19.0 Å². The van der Waals surface area contributed by atoms with E-state index < -0.39 is 0 Å². The highest BCUT2D eigenvalue weighted by molar-refractivity contribution is 5.59. The van der Waals surface area contributed by atoms with Gasteiger partial charge in [-0.2, -0.15) is 5.10 Å². The van der Waals surface area contributed by atoms with E-state index in [0.29, 0.717) is 19.8 Å². The highest BCUT2D eigenvalue weighted by Crippen LogP contribution is 2.35. The molecule has 0 spiro atoms. The number of hydrogen-bond donors (Lipinski definition) is 1. The predicted molar refractivity (Wildman–Crippen MR) is 86.9 cm³/mol. The quantitative estimate of drug-likeness (QED) is 0.857. The molecule has 4 rings (SSSR count). The molecule has 6 heteroatoms. The minimum absolute atomic E-state index is 0.589. The van der Waals surface area contributed by atoms with Gasteiger partial charge < -0.3 is 19.5 Å². The van der Waals surface area contributed by atoms with Crippen molar-refractivity contribution in [1.82, 2.24) is 9.78 Å². The topological polar surface area (TPSA) is 57.5 Å². The summed E-state index contributed by atoms with van der Waals surface area (Å²) in [6.07, 6.45) is 1.86. The fourth-order valence-corrected chi connectivity index (χ4v) is 3.11. The summed E-state index contributed by atoms with van der Waals surface area (Å²) in [4.78, 5) is 0. The van der Waals surface area contributed by atoms with E-state index >= 15 is 0 Å². The molecule has 23 heavy (non-hydrogen) atoms. The van der Waals surface area contributed by atoms with Crippen LogP contribution in [0.15, 0.2) is 18.2 Å². The number of anilines is 1. The molecule has 2 aromatic rings. The van der Waals surface area contributed by atoms with Gasteiger partial charge in [0.05, 0.1) is 18.0 Å². The summed E-state index contributed by atoms with van der Waals surface area (Å²) in [5.41, 5.74) is 3.41. The summed E-state index contributed by atoms with van der Waals surface area (Å²) in [6, 6.07) is 5.97. The van der Waals surface area contributed by atoms with E-state index in [-0.39, 0.29) is 0 Å². The van der Waals surface area contributed by atoms with Crippen LogP contribution in [-0.2, 0) is 17.6 Å². The third kappa shape index (κ3) is 2.63. The van der Waals surface area contributed by atoms with Crippen molar-refractivity contribution < 1.29 is 14.2 Å². The first-order valence-electron chi connectivity index (χ1n) is 8.19. The van der Waals surface area contributed by atoms with Crippen LogP contribution in [0.3, 0.4) is 0 Å². The van der Waals surface area contributed by atoms with Crippen LogP contribution in [0.5, 0.6) is 11.5 Å². The lowest BCUT2D eigenvalue weighted by atomic mass is 10.1. The van der Waals surface area contributed by atoms with Gasteiger partial charge in [-0.3, -0.25) is 0 Å². The number of hydrogen-bond acceptors (Lipinski definition) is 5. The molecule has 0 radical (unpaired) electrons. The molecule has 0 fully saturated rings. The van der Waals surface area contributed by atoms with Crippen molar-refractivity contribution >= 4 is 5.82 Å². The van der Waals surface area contributed by atoms with Crippen molar-refractivity contribution in [2.75, 3.05) is 38.3 Å². The number of nitrogens with zero attached hydrogens (tertiary/aromatic N) is 2. The predicted octanol–water partition coefficient (Wildman–Crippen LogP) is 2.19. The molecule has 0 bridgehead atoms. The van der Waals surface area contributed by atoms with Gasteiger partial charge in [-0.15, -0.1) is 0 Å². The van der Waals surface area contributed by atoms with Gasteiger partial charge in [-0.1, -0.05) is 0 Å². The van der Waals surface area contributed by atoms with Crippen LogP contribution in [0.1, 0.15) is 18.2 Å². The molecule has 1 aromatic carbocycles. The summed E-state index contributed by atoms with van der Waals surface area (Å²) in [7, 11) is 0. The van der Waals surface area contributed by atoms with Crippen LogP contribution in [-0.4, -0.2) is 42.8 Å². The van der Waals surface area contributed by atoms with Gasteiger partial charge in [-0.25, -0.2) is 4.68 Å². The summed E-state index contributed by atoms with van der Waals surface area (Å²) in [5.74, 6) is 2.67. The van der Waals surface area contributed by atoms with Crippen LogP contribution >= 0.6 is 0 Å². The molecule has 6 nitrogen and oxygen atoms in total. The first-order chi connectivity index (χ1) is 11.4. The Morgan fingerprint density at radius 3 is 3.00 bits per heavy atom. The van der Waals surface area contributed by atoms with Gasteiger partial charge in [-0.05, 0) is 25.5 Å². The third-order valence-corrected chi connectivity index (χ3v) is 4.19. The second-order valence-electron chi connectivity index (χ2n) is 5.64. The molecule has 1 N–H and O–H groups in total. The summed E-state index contributed by atoms with van der Waals surface area (Å²) in [5, 5.41) is 8.25. The van der Waals surface area contributed by atoms with E-state index in [1.54, 1.807) is 0 Å². The van der Waals surface area contributed by atoms with Gasteiger partial charge >= 0.3 is 0 Å². The van der Waals surface area contributed by atoms with E-state index in [2.05, 4.69) is 5.32 Å². The average molecular weight is 315 g/mol. The molecule has 122 valence electrons. The zero-order valence-corrected chi connectivity index (χ0v) is 13.3. The Balaban J connectivity index is 1.67. The van der Waals surface area contributed by atoms with Crippen LogP contribution < -0.4 is 14.8 Å². The van der Waals surface area contributed by atoms with Crippen LogP contribution in [0.2, 0.25) is 0 Å². The van der Waals surface area contributed by atoms with E-state index in [1.807, 2.05) is 29.8 Å². The number of ether oxygens (including phenoxy) is 3. The van der Waals surface area contributed by atoms with Crippen molar-refractivity contribution in [2.45, 2.75) is 19.8 Å². The fraction of sp³-hybridized carbons (Fsp3) is 0.471. The lowest BCUT2D eigenvalue weighted by Crippen LogP contribution is -2.15. The van der Waals surface area contributed by atoms with Crippen molar-refractivity contribution in [2.24, 2.45) is 0 Å². The Hall–Kier alpha value is -2.21. The Morgan fingerprint density at radius 1 is 1.26 bits per heavy atom.